The minimum absolute atomic E-state index is 0.0433. The molecule has 0 heterocycles. The molecular weight excluding hydrogens is 361 g/mol. The molecule has 0 saturated heterocycles. The standard InChI is InChI=1S/C24H29F3O/c1-3-5-16-8-13-22(21(25)14-16)28-15-17-6-9-19(10-7-17)20-12-11-18(4-2)23(26)24(20)27/h8,11-14,17,19H,3-7,9-10,15H2,1-2H3. The largest absolute Gasteiger partial charge is 0.490 e. The van der Waals surface area contributed by atoms with E-state index >= 15 is 0 Å². The van der Waals surface area contributed by atoms with E-state index in [-0.39, 0.29) is 11.7 Å². The molecule has 28 heavy (non-hydrogen) atoms. The third kappa shape index (κ3) is 4.71. The van der Waals surface area contributed by atoms with Gasteiger partial charge in [0.25, 0.3) is 0 Å². The Labute approximate surface area is 165 Å². The summed E-state index contributed by atoms with van der Waals surface area (Å²) in [6.07, 6.45) is 5.67. The minimum Gasteiger partial charge on any atom is -0.490 e. The Balaban J connectivity index is 1.54. The summed E-state index contributed by atoms with van der Waals surface area (Å²) in [6, 6.07) is 8.61. The van der Waals surface area contributed by atoms with Gasteiger partial charge in [-0.3, -0.25) is 0 Å². The van der Waals surface area contributed by atoms with Crippen LogP contribution in [-0.4, -0.2) is 6.61 Å². The van der Waals surface area contributed by atoms with E-state index in [1.165, 1.54) is 0 Å². The van der Waals surface area contributed by atoms with Crippen LogP contribution in [0.2, 0.25) is 0 Å². The lowest BCUT2D eigenvalue weighted by atomic mass is 9.78. The van der Waals surface area contributed by atoms with E-state index in [0.717, 1.165) is 44.1 Å². The summed E-state index contributed by atoms with van der Waals surface area (Å²) in [7, 11) is 0. The molecule has 0 amide bonds. The molecule has 0 aromatic heterocycles. The van der Waals surface area contributed by atoms with Crippen LogP contribution in [0.1, 0.15) is 68.6 Å². The van der Waals surface area contributed by atoms with E-state index in [4.69, 9.17) is 4.74 Å². The second-order valence-corrected chi connectivity index (χ2v) is 7.84. The van der Waals surface area contributed by atoms with Crippen LogP contribution < -0.4 is 4.74 Å². The maximum absolute atomic E-state index is 14.4. The molecule has 0 spiro atoms. The van der Waals surface area contributed by atoms with Crippen molar-refractivity contribution in [3.05, 3.63) is 64.5 Å². The molecule has 0 N–H and O–H groups in total. The summed E-state index contributed by atoms with van der Waals surface area (Å²) >= 11 is 0. The van der Waals surface area contributed by atoms with E-state index in [0.29, 0.717) is 35.8 Å². The number of hydrogen-bond donors (Lipinski definition) is 0. The van der Waals surface area contributed by atoms with E-state index in [1.807, 2.05) is 13.0 Å². The number of ether oxygens (including phenoxy) is 1. The second-order valence-electron chi connectivity index (χ2n) is 7.84. The highest BCUT2D eigenvalue weighted by atomic mass is 19.2. The van der Waals surface area contributed by atoms with Crippen LogP contribution >= 0.6 is 0 Å². The monoisotopic (exact) mass is 390 g/mol. The van der Waals surface area contributed by atoms with Gasteiger partial charge in [-0.25, -0.2) is 13.2 Å². The van der Waals surface area contributed by atoms with Crippen LogP contribution in [0.3, 0.4) is 0 Å². The Morgan fingerprint density at radius 1 is 0.929 bits per heavy atom. The highest BCUT2D eigenvalue weighted by molar-refractivity contribution is 5.30. The Bertz CT molecular complexity index is 795. The van der Waals surface area contributed by atoms with Crippen molar-refractivity contribution in [2.24, 2.45) is 5.92 Å². The van der Waals surface area contributed by atoms with Crippen molar-refractivity contribution in [1.82, 2.24) is 0 Å². The van der Waals surface area contributed by atoms with Crippen molar-refractivity contribution in [1.29, 1.82) is 0 Å². The minimum atomic E-state index is -0.701. The summed E-state index contributed by atoms with van der Waals surface area (Å²) in [6.45, 7) is 4.35. The highest BCUT2D eigenvalue weighted by Gasteiger charge is 2.26. The fraction of sp³-hybridized carbons (Fsp3) is 0.500. The van der Waals surface area contributed by atoms with Crippen LogP contribution in [0.15, 0.2) is 30.3 Å². The van der Waals surface area contributed by atoms with E-state index in [9.17, 15) is 13.2 Å². The lowest BCUT2D eigenvalue weighted by molar-refractivity contribution is 0.193. The first kappa shape index (κ1) is 20.8. The summed E-state index contributed by atoms with van der Waals surface area (Å²) in [5, 5.41) is 0. The van der Waals surface area contributed by atoms with Gasteiger partial charge in [-0.05, 0) is 79.2 Å². The van der Waals surface area contributed by atoms with Crippen molar-refractivity contribution in [3.8, 4) is 5.75 Å². The van der Waals surface area contributed by atoms with Crippen LogP contribution in [-0.2, 0) is 12.8 Å². The third-order valence-electron chi connectivity index (χ3n) is 5.87. The number of benzene rings is 2. The number of aryl methyl sites for hydroxylation is 2. The topological polar surface area (TPSA) is 9.23 Å². The summed E-state index contributed by atoms with van der Waals surface area (Å²) in [4.78, 5) is 0. The van der Waals surface area contributed by atoms with Crippen molar-refractivity contribution >= 4 is 0 Å². The quantitative estimate of drug-likeness (QED) is 0.496. The van der Waals surface area contributed by atoms with Crippen molar-refractivity contribution in [2.75, 3.05) is 6.61 Å². The van der Waals surface area contributed by atoms with Crippen LogP contribution in [0.25, 0.3) is 0 Å². The Kier molecular flexibility index (Phi) is 7.03. The normalized spacial score (nSPS) is 19.6. The Hall–Kier alpha value is -1.97. The zero-order chi connectivity index (χ0) is 20.1. The maximum Gasteiger partial charge on any atom is 0.165 e. The molecule has 1 nitrogen and oxygen atoms in total. The molecule has 0 radical (unpaired) electrons. The van der Waals surface area contributed by atoms with Gasteiger partial charge in [0.15, 0.2) is 23.2 Å². The highest BCUT2D eigenvalue weighted by Crippen LogP contribution is 2.38. The van der Waals surface area contributed by atoms with Crippen molar-refractivity contribution in [2.45, 2.75) is 64.7 Å². The molecule has 0 aliphatic heterocycles. The van der Waals surface area contributed by atoms with Gasteiger partial charge in [-0.15, -0.1) is 0 Å². The summed E-state index contributed by atoms with van der Waals surface area (Å²) in [5.74, 6) is -1.05. The molecule has 1 aliphatic rings. The fourth-order valence-electron chi connectivity index (χ4n) is 4.15. The van der Waals surface area contributed by atoms with E-state index in [2.05, 4.69) is 6.92 Å². The number of hydrogen-bond acceptors (Lipinski definition) is 1. The average molecular weight is 390 g/mol. The predicted molar refractivity (Wildman–Crippen MR) is 106 cm³/mol. The molecule has 1 fully saturated rings. The molecule has 152 valence electrons. The fourth-order valence-corrected chi connectivity index (χ4v) is 4.15. The first-order chi connectivity index (χ1) is 13.5. The molecule has 0 atom stereocenters. The van der Waals surface area contributed by atoms with E-state index < -0.39 is 11.6 Å². The van der Waals surface area contributed by atoms with Crippen LogP contribution in [0, 0.1) is 23.4 Å². The van der Waals surface area contributed by atoms with Gasteiger partial charge in [0, 0.05) is 0 Å². The molecular formula is C24H29F3O. The van der Waals surface area contributed by atoms with Crippen LogP contribution in [0.5, 0.6) is 5.75 Å². The second kappa shape index (κ2) is 9.49. The first-order valence-electron chi connectivity index (χ1n) is 10.4. The molecule has 2 aromatic rings. The van der Waals surface area contributed by atoms with Gasteiger partial charge in [0.1, 0.15) is 0 Å². The van der Waals surface area contributed by atoms with Crippen molar-refractivity contribution in [3.63, 3.8) is 0 Å². The zero-order valence-corrected chi connectivity index (χ0v) is 16.7. The molecule has 0 unspecified atom stereocenters. The lowest BCUT2D eigenvalue weighted by Gasteiger charge is -2.29. The predicted octanol–water partition coefficient (Wildman–Crippen LogP) is 6.97. The van der Waals surface area contributed by atoms with Gasteiger partial charge in [-0.1, -0.05) is 38.5 Å². The smallest absolute Gasteiger partial charge is 0.165 e. The molecule has 1 aliphatic carbocycles. The van der Waals surface area contributed by atoms with Crippen LogP contribution in [0.4, 0.5) is 13.2 Å². The summed E-state index contributed by atoms with van der Waals surface area (Å²) < 4.78 is 48.3. The molecule has 1 saturated carbocycles. The molecule has 3 rings (SSSR count). The van der Waals surface area contributed by atoms with Crippen molar-refractivity contribution < 1.29 is 17.9 Å². The Morgan fingerprint density at radius 3 is 2.32 bits per heavy atom. The van der Waals surface area contributed by atoms with E-state index in [1.54, 1.807) is 24.3 Å². The summed E-state index contributed by atoms with van der Waals surface area (Å²) in [5.41, 5.74) is 1.90. The molecule has 0 bridgehead atoms. The van der Waals surface area contributed by atoms with Gasteiger partial charge >= 0.3 is 0 Å². The van der Waals surface area contributed by atoms with Gasteiger partial charge in [0.2, 0.25) is 0 Å². The Morgan fingerprint density at radius 2 is 1.68 bits per heavy atom. The molecule has 4 heteroatoms. The molecule has 2 aromatic carbocycles. The third-order valence-corrected chi connectivity index (χ3v) is 5.87. The van der Waals surface area contributed by atoms with Gasteiger partial charge in [0.05, 0.1) is 6.61 Å². The van der Waals surface area contributed by atoms with Gasteiger partial charge in [-0.2, -0.15) is 0 Å². The number of halogens is 3. The zero-order valence-electron chi connectivity index (χ0n) is 16.7. The number of rotatable bonds is 7. The lowest BCUT2D eigenvalue weighted by Crippen LogP contribution is -2.20. The maximum atomic E-state index is 14.4. The van der Waals surface area contributed by atoms with Gasteiger partial charge < -0.3 is 4.74 Å². The first-order valence-corrected chi connectivity index (χ1v) is 10.4. The SMILES string of the molecule is CCCc1ccc(OCC2CCC(c3ccc(CC)c(F)c3F)CC2)c(F)c1. The average Bonchev–Trinajstić information content (AvgIpc) is 2.70.